The summed E-state index contributed by atoms with van der Waals surface area (Å²) in [6, 6.07) is 0.753. The lowest BCUT2D eigenvalue weighted by Gasteiger charge is -2.13. The lowest BCUT2D eigenvalue weighted by Crippen LogP contribution is -2.28. The molecule has 0 aliphatic heterocycles. The van der Waals surface area contributed by atoms with Crippen LogP contribution in [0.3, 0.4) is 0 Å². The Morgan fingerprint density at radius 2 is 1.90 bits per heavy atom. The highest BCUT2D eigenvalue weighted by atomic mass is 127. The van der Waals surface area contributed by atoms with Crippen molar-refractivity contribution in [3.8, 4) is 0 Å². The Kier molecular flexibility index (Phi) is 8.33. The van der Waals surface area contributed by atoms with Gasteiger partial charge in [-0.15, -0.1) is 0 Å². The Morgan fingerprint density at radius 3 is 2.30 bits per heavy atom. The van der Waals surface area contributed by atoms with Crippen molar-refractivity contribution in [1.29, 1.82) is 0 Å². The van der Waals surface area contributed by atoms with E-state index in [1.165, 1.54) is 30.2 Å². The molecule has 0 radical (unpaired) electrons. The van der Waals surface area contributed by atoms with Gasteiger partial charge in [0.1, 0.15) is 0 Å². The van der Waals surface area contributed by atoms with Crippen molar-refractivity contribution in [2.75, 3.05) is 11.0 Å². The summed E-state index contributed by atoms with van der Waals surface area (Å²) in [7, 11) is 0. The summed E-state index contributed by atoms with van der Waals surface area (Å²) in [6.07, 6.45) is 3.83. The van der Waals surface area contributed by atoms with E-state index in [0.29, 0.717) is 0 Å². The fourth-order valence-corrected chi connectivity index (χ4v) is 1.33. The van der Waals surface area contributed by atoms with Crippen molar-refractivity contribution in [1.82, 2.24) is 5.32 Å². The zero-order valence-electron chi connectivity index (χ0n) is 6.99. The second-order valence-electron chi connectivity index (χ2n) is 2.51. The number of alkyl halides is 1. The molecule has 0 saturated heterocycles. The zero-order valence-corrected chi connectivity index (χ0v) is 9.15. The summed E-state index contributed by atoms with van der Waals surface area (Å²) < 4.78 is 1.27. The van der Waals surface area contributed by atoms with Gasteiger partial charge in [0.05, 0.1) is 0 Å². The number of nitrogens with one attached hydrogen (secondary N) is 1. The topological polar surface area (TPSA) is 12.0 Å². The summed E-state index contributed by atoms with van der Waals surface area (Å²) >= 11 is 2.42. The normalized spacial score (nSPS) is 10.8. The summed E-state index contributed by atoms with van der Waals surface area (Å²) in [4.78, 5) is 0. The molecule has 0 aliphatic rings. The summed E-state index contributed by atoms with van der Waals surface area (Å²) in [5, 5.41) is 3.52. The van der Waals surface area contributed by atoms with E-state index in [4.69, 9.17) is 0 Å². The van der Waals surface area contributed by atoms with Crippen LogP contribution >= 0.6 is 22.6 Å². The summed E-state index contributed by atoms with van der Waals surface area (Å²) in [6.45, 7) is 5.67. The minimum Gasteiger partial charge on any atom is -0.314 e. The summed E-state index contributed by atoms with van der Waals surface area (Å²) in [5.41, 5.74) is 0. The van der Waals surface area contributed by atoms with Gasteiger partial charge in [0.2, 0.25) is 0 Å². The summed E-state index contributed by atoms with van der Waals surface area (Å²) in [5.74, 6) is 0. The number of rotatable bonds is 6. The molecule has 0 aromatic heterocycles. The molecule has 0 aromatic carbocycles. The third-order valence-electron chi connectivity index (χ3n) is 1.73. The van der Waals surface area contributed by atoms with Crippen molar-refractivity contribution in [2.24, 2.45) is 0 Å². The SMILES string of the molecule is CCC(CC)NCCCI. The Hall–Kier alpha value is 0.690. The lowest BCUT2D eigenvalue weighted by atomic mass is 10.2. The highest BCUT2D eigenvalue weighted by Crippen LogP contribution is 1.96. The molecular weight excluding hydrogens is 237 g/mol. The smallest absolute Gasteiger partial charge is 0.00618 e. The van der Waals surface area contributed by atoms with Crippen molar-refractivity contribution in [3.63, 3.8) is 0 Å². The van der Waals surface area contributed by atoms with Crippen LogP contribution in [-0.4, -0.2) is 17.0 Å². The van der Waals surface area contributed by atoms with E-state index in [1.54, 1.807) is 0 Å². The van der Waals surface area contributed by atoms with Gasteiger partial charge in [-0.2, -0.15) is 0 Å². The van der Waals surface area contributed by atoms with Gasteiger partial charge in [0.25, 0.3) is 0 Å². The second-order valence-corrected chi connectivity index (χ2v) is 3.59. The standard InChI is InChI=1S/C8H18IN/c1-3-8(4-2)10-7-5-6-9/h8,10H,3-7H2,1-2H3. The molecule has 0 atom stereocenters. The van der Waals surface area contributed by atoms with E-state index in [9.17, 15) is 0 Å². The van der Waals surface area contributed by atoms with Crippen molar-refractivity contribution in [3.05, 3.63) is 0 Å². The van der Waals surface area contributed by atoms with Gasteiger partial charge in [0, 0.05) is 10.5 Å². The molecular formula is C8H18IN. The van der Waals surface area contributed by atoms with E-state index in [0.717, 1.165) is 6.04 Å². The Morgan fingerprint density at radius 1 is 1.30 bits per heavy atom. The van der Waals surface area contributed by atoms with E-state index < -0.39 is 0 Å². The molecule has 0 bridgehead atoms. The molecule has 10 heavy (non-hydrogen) atoms. The third-order valence-corrected chi connectivity index (χ3v) is 2.49. The third kappa shape index (κ3) is 5.47. The molecule has 0 amide bonds. The molecule has 0 aliphatic carbocycles. The Labute approximate surface area is 78.1 Å². The van der Waals surface area contributed by atoms with Gasteiger partial charge < -0.3 is 5.32 Å². The van der Waals surface area contributed by atoms with Crippen LogP contribution in [-0.2, 0) is 0 Å². The van der Waals surface area contributed by atoms with Crippen LogP contribution in [0.25, 0.3) is 0 Å². The molecule has 0 spiro atoms. The van der Waals surface area contributed by atoms with Crippen LogP contribution in [0, 0.1) is 0 Å². The fraction of sp³-hybridized carbons (Fsp3) is 1.00. The maximum Gasteiger partial charge on any atom is 0.00618 e. The van der Waals surface area contributed by atoms with Gasteiger partial charge >= 0.3 is 0 Å². The van der Waals surface area contributed by atoms with Gasteiger partial charge in [-0.05, 0) is 25.8 Å². The maximum absolute atomic E-state index is 3.52. The molecule has 0 heterocycles. The predicted molar refractivity (Wildman–Crippen MR) is 55.9 cm³/mol. The number of hydrogen-bond acceptors (Lipinski definition) is 1. The van der Waals surface area contributed by atoms with Crippen molar-refractivity contribution in [2.45, 2.75) is 39.2 Å². The van der Waals surface area contributed by atoms with Crippen molar-refractivity contribution >= 4 is 22.6 Å². The maximum atomic E-state index is 3.52. The van der Waals surface area contributed by atoms with Gasteiger partial charge in [-0.3, -0.25) is 0 Å². The zero-order chi connectivity index (χ0) is 7.82. The largest absolute Gasteiger partial charge is 0.314 e. The average Bonchev–Trinajstić information content (AvgIpc) is 1.99. The second kappa shape index (κ2) is 7.79. The highest BCUT2D eigenvalue weighted by molar-refractivity contribution is 14.1. The molecule has 0 aromatic rings. The quantitative estimate of drug-likeness (QED) is 0.437. The number of hydrogen-bond donors (Lipinski definition) is 1. The molecule has 62 valence electrons. The van der Waals surface area contributed by atoms with Gasteiger partial charge in [-0.25, -0.2) is 0 Å². The minimum absolute atomic E-state index is 0.753. The molecule has 0 fully saturated rings. The first-order valence-electron chi connectivity index (χ1n) is 4.14. The molecule has 2 heteroatoms. The average molecular weight is 255 g/mol. The van der Waals surface area contributed by atoms with Crippen LogP contribution in [0.4, 0.5) is 0 Å². The molecule has 0 unspecified atom stereocenters. The monoisotopic (exact) mass is 255 g/mol. The highest BCUT2D eigenvalue weighted by Gasteiger charge is 1.99. The molecule has 0 saturated carbocycles. The van der Waals surface area contributed by atoms with Crippen LogP contribution in [0.5, 0.6) is 0 Å². The van der Waals surface area contributed by atoms with Crippen LogP contribution in [0.15, 0.2) is 0 Å². The minimum atomic E-state index is 0.753. The Bertz CT molecular complexity index is 62.3. The number of halogens is 1. The molecule has 0 rings (SSSR count). The molecule has 1 nitrogen and oxygen atoms in total. The lowest BCUT2D eigenvalue weighted by molar-refractivity contribution is 0.486. The van der Waals surface area contributed by atoms with E-state index in [2.05, 4.69) is 41.8 Å². The van der Waals surface area contributed by atoms with Crippen molar-refractivity contribution < 1.29 is 0 Å². The van der Waals surface area contributed by atoms with Crippen LogP contribution in [0.1, 0.15) is 33.1 Å². The predicted octanol–water partition coefficient (Wildman–Crippen LogP) is 2.59. The van der Waals surface area contributed by atoms with Crippen LogP contribution in [0.2, 0.25) is 0 Å². The first-order valence-corrected chi connectivity index (χ1v) is 5.67. The van der Waals surface area contributed by atoms with E-state index >= 15 is 0 Å². The molecule has 1 N–H and O–H groups in total. The van der Waals surface area contributed by atoms with Gasteiger partial charge in [0.15, 0.2) is 0 Å². The fourth-order valence-electron chi connectivity index (χ4n) is 0.950. The van der Waals surface area contributed by atoms with Crippen LogP contribution < -0.4 is 5.32 Å². The first-order chi connectivity index (χ1) is 4.85. The Balaban J connectivity index is 3.09. The van der Waals surface area contributed by atoms with Gasteiger partial charge in [-0.1, -0.05) is 36.4 Å². The van der Waals surface area contributed by atoms with E-state index in [1.807, 2.05) is 0 Å². The van der Waals surface area contributed by atoms with E-state index in [-0.39, 0.29) is 0 Å². The first kappa shape index (κ1) is 10.7.